The largest absolute Gasteiger partial charge is 0.489 e. The molecule has 0 atom stereocenters. The number of hydrogen-bond donors (Lipinski definition) is 2. The summed E-state index contributed by atoms with van der Waals surface area (Å²) in [6.07, 6.45) is 1.64. The van der Waals surface area contributed by atoms with E-state index in [1.165, 1.54) is 0 Å². The third kappa shape index (κ3) is 2.41. The van der Waals surface area contributed by atoms with E-state index < -0.39 is 0 Å². The van der Waals surface area contributed by atoms with Crippen LogP contribution < -0.4 is 10.5 Å². The van der Waals surface area contributed by atoms with Gasteiger partial charge in [0.05, 0.1) is 11.8 Å². The number of halogens is 1. The standard InChI is InChI=1S/C10H10ClN3O/c11-8-1-3-9(4-2-8)15-6-7-5-13-14-10(7)12/h1-5H,6H2,(H3,12,13,14). The summed E-state index contributed by atoms with van der Waals surface area (Å²) in [5.41, 5.74) is 6.45. The van der Waals surface area contributed by atoms with Gasteiger partial charge in [0.15, 0.2) is 0 Å². The number of H-pyrrole nitrogens is 1. The van der Waals surface area contributed by atoms with Crippen LogP contribution in [0.1, 0.15) is 5.56 Å². The smallest absolute Gasteiger partial charge is 0.125 e. The summed E-state index contributed by atoms with van der Waals surface area (Å²) in [6.45, 7) is 0.393. The van der Waals surface area contributed by atoms with Gasteiger partial charge in [-0.2, -0.15) is 5.10 Å². The number of nitrogens with two attached hydrogens (primary N) is 1. The summed E-state index contributed by atoms with van der Waals surface area (Å²) < 4.78 is 5.49. The van der Waals surface area contributed by atoms with Crippen molar-refractivity contribution in [1.29, 1.82) is 0 Å². The third-order valence-electron chi connectivity index (χ3n) is 1.96. The summed E-state index contributed by atoms with van der Waals surface area (Å²) >= 11 is 5.75. The predicted octanol–water partition coefficient (Wildman–Crippen LogP) is 2.22. The first-order valence-corrected chi connectivity index (χ1v) is 4.79. The Morgan fingerprint density at radius 1 is 1.33 bits per heavy atom. The van der Waals surface area contributed by atoms with E-state index in [-0.39, 0.29) is 0 Å². The van der Waals surface area contributed by atoms with Crippen molar-refractivity contribution in [1.82, 2.24) is 10.2 Å². The fraction of sp³-hybridized carbons (Fsp3) is 0.100. The van der Waals surface area contributed by atoms with Crippen molar-refractivity contribution in [3.63, 3.8) is 0 Å². The number of nitrogens with one attached hydrogen (secondary N) is 1. The molecule has 0 aliphatic heterocycles. The molecule has 0 aliphatic carbocycles. The maximum absolute atomic E-state index is 5.75. The van der Waals surface area contributed by atoms with Gasteiger partial charge in [-0.25, -0.2) is 0 Å². The van der Waals surface area contributed by atoms with Crippen molar-refractivity contribution in [2.45, 2.75) is 6.61 Å². The van der Waals surface area contributed by atoms with E-state index in [1.807, 2.05) is 0 Å². The van der Waals surface area contributed by atoms with Crippen LogP contribution in [0.25, 0.3) is 0 Å². The number of aromatic amines is 1. The Morgan fingerprint density at radius 3 is 2.67 bits per heavy atom. The van der Waals surface area contributed by atoms with E-state index in [2.05, 4.69) is 10.2 Å². The van der Waals surface area contributed by atoms with Gasteiger partial charge in [-0.1, -0.05) is 11.6 Å². The first-order valence-electron chi connectivity index (χ1n) is 4.42. The van der Waals surface area contributed by atoms with Crippen molar-refractivity contribution in [2.75, 3.05) is 5.73 Å². The summed E-state index contributed by atoms with van der Waals surface area (Å²) in [5.74, 6) is 1.28. The first kappa shape index (κ1) is 9.86. The van der Waals surface area contributed by atoms with E-state index in [0.717, 1.165) is 11.3 Å². The van der Waals surface area contributed by atoms with Crippen molar-refractivity contribution in [3.8, 4) is 5.75 Å². The van der Waals surface area contributed by atoms with Crippen LogP contribution in [0, 0.1) is 0 Å². The molecule has 0 saturated carbocycles. The summed E-state index contributed by atoms with van der Waals surface area (Å²) in [5, 5.41) is 7.12. The predicted molar refractivity (Wildman–Crippen MR) is 58.8 cm³/mol. The molecule has 0 saturated heterocycles. The third-order valence-corrected chi connectivity index (χ3v) is 2.21. The monoisotopic (exact) mass is 223 g/mol. The number of hydrogen-bond acceptors (Lipinski definition) is 3. The van der Waals surface area contributed by atoms with Gasteiger partial charge in [0, 0.05) is 5.02 Å². The number of nitrogens with zero attached hydrogens (tertiary/aromatic N) is 1. The second-order valence-corrected chi connectivity index (χ2v) is 3.49. The van der Waals surface area contributed by atoms with Gasteiger partial charge >= 0.3 is 0 Å². The number of anilines is 1. The molecule has 5 heteroatoms. The fourth-order valence-electron chi connectivity index (χ4n) is 1.13. The van der Waals surface area contributed by atoms with Crippen LogP contribution in [0.3, 0.4) is 0 Å². The van der Waals surface area contributed by atoms with Gasteiger partial charge in [-0.3, -0.25) is 5.10 Å². The van der Waals surface area contributed by atoms with Crippen LogP contribution >= 0.6 is 11.6 Å². The number of aromatic nitrogens is 2. The van der Waals surface area contributed by atoms with Gasteiger partial charge in [0.1, 0.15) is 18.2 Å². The van der Waals surface area contributed by atoms with E-state index in [4.69, 9.17) is 22.1 Å². The van der Waals surface area contributed by atoms with Crippen LogP contribution in [0.15, 0.2) is 30.5 Å². The first-order chi connectivity index (χ1) is 7.25. The van der Waals surface area contributed by atoms with Gasteiger partial charge < -0.3 is 10.5 Å². The van der Waals surface area contributed by atoms with Gasteiger partial charge in [0.25, 0.3) is 0 Å². The highest BCUT2D eigenvalue weighted by atomic mass is 35.5. The normalized spacial score (nSPS) is 10.2. The Bertz CT molecular complexity index is 438. The molecule has 0 fully saturated rings. The molecule has 0 unspecified atom stereocenters. The quantitative estimate of drug-likeness (QED) is 0.839. The maximum Gasteiger partial charge on any atom is 0.125 e. The van der Waals surface area contributed by atoms with Crippen LogP contribution in [0.4, 0.5) is 5.82 Å². The molecule has 0 radical (unpaired) electrons. The molecule has 4 nitrogen and oxygen atoms in total. The molecule has 0 aliphatic rings. The lowest BCUT2D eigenvalue weighted by atomic mass is 10.3. The molecule has 0 bridgehead atoms. The fourth-order valence-corrected chi connectivity index (χ4v) is 1.25. The highest BCUT2D eigenvalue weighted by Gasteiger charge is 2.01. The van der Waals surface area contributed by atoms with Gasteiger partial charge in [-0.15, -0.1) is 0 Å². The van der Waals surface area contributed by atoms with Crippen LogP contribution in [-0.2, 0) is 6.61 Å². The average Bonchev–Trinajstić information content (AvgIpc) is 2.63. The minimum absolute atomic E-state index is 0.393. The zero-order chi connectivity index (χ0) is 10.7. The van der Waals surface area contributed by atoms with E-state index in [0.29, 0.717) is 17.4 Å². The van der Waals surface area contributed by atoms with Crippen molar-refractivity contribution >= 4 is 17.4 Å². The molecule has 1 aromatic carbocycles. The van der Waals surface area contributed by atoms with E-state index in [1.54, 1.807) is 30.5 Å². The number of nitrogen functional groups attached to an aromatic ring is 1. The summed E-state index contributed by atoms with van der Waals surface area (Å²) in [6, 6.07) is 7.16. The van der Waals surface area contributed by atoms with Crippen LogP contribution in [0.2, 0.25) is 5.02 Å². The molecule has 2 aromatic rings. The zero-order valence-electron chi connectivity index (χ0n) is 7.90. The minimum Gasteiger partial charge on any atom is -0.489 e. The molecule has 1 aromatic heterocycles. The molecule has 0 amide bonds. The number of ether oxygens (including phenoxy) is 1. The van der Waals surface area contributed by atoms with Crippen LogP contribution in [-0.4, -0.2) is 10.2 Å². The minimum atomic E-state index is 0.393. The van der Waals surface area contributed by atoms with Crippen molar-refractivity contribution < 1.29 is 4.74 Å². The topological polar surface area (TPSA) is 63.9 Å². The lowest BCUT2D eigenvalue weighted by molar-refractivity contribution is 0.307. The molecular formula is C10H10ClN3O. The zero-order valence-corrected chi connectivity index (χ0v) is 8.66. The Kier molecular flexibility index (Phi) is 2.78. The Balaban J connectivity index is 1.99. The average molecular weight is 224 g/mol. The molecule has 78 valence electrons. The molecule has 2 rings (SSSR count). The van der Waals surface area contributed by atoms with Gasteiger partial charge in [-0.05, 0) is 24.3 Å². The highest BCUT2D eigenvalue weighted by Crippen LogP contribution is 2.17. The Labute approximate surface area is 92.0 Å². The number of benzene rings is 1. The molecule has 3 N–H and O–H groups in total. The number of rotatable bonds is 3. The lowest BCUT2D eigenvalue weighted by Crippen LogP contribution is -1.97. The molecular weight excluding hydrogens is 214 g/mol. The van der Waals surface area contributed by atoms with E-state index >= 15 is 0 Å². The highest BCUT2D eigenvalue weighted by molar-refractivity contribution is 6.30. The molecule has 15 heavy (non-hydrogen) atoms. The Hall–Kier alpha value is -1.68. The van der Waals surface area contributed by atoms with Crippen molar-refractivity contribution in [3.05, 3.63) is 41.0 Å². The summed E-state index contributed by atoms with van der Waals surface area (Å²) in [7, 11) is 0. The second-order valence-electron chi connectivity index (χ2n) is 3.05. The van der Waals surface area contributed by atoms with E-state index in [9.17, 15) is 0 Å². The maximum atomic E-state index is 5.75. The van der Waals surface area contributed by atoms with Crippen LogP contribution in [0.5, 0.6) is 5.75 Å². The SMILES string of the molecule is Nc1[nH]ncc1COc1ccc(Cl)cc1. The summed E-state index contributed by atoms with van der Waals surface area (Å²) in [4.78, 5) is 0. The molecule has 0 spiro atoms. The molecule has 1 heterocycles. The van der Waals surface area contributed by atoms with Gasteiger partial charge in [0.2, 0.25) is 0 Å². The Morgan fingerprint density at radius 2 is 2.07 bits per heavy atom. The van der Waals surface area contributed by atoms with Crippen molar-refractivity contribution in [2.24, 2.45) is 0 Å². The lowest BCUT2D eigenvalue weighted by Gasteiger charge is -2.04. The second kappa shape index (κ2) is 4.23.